The summed E-state index contributed by atoms with van der Waals surface area (Å²) in [7, 11) is 0.703. The van der Waals surface area contributed by atoms with Crippen molar-refractivity contribution in [3.8, 4) is 0 Å². The van der Waals surface area contributed by atoms with Gasteiger partial charge in [-0.15, -0.1) is 0 Å². The topological polar surface area (TPSA) is 43.1 Å². The Labute approximate surface area is 102 Å². The molecule has 0 unspecified atom stereocenters. The molecule has 0 aromatic heterocycles. The molecule has 17 heavy (non-hydrogen) atoms. The summed E-state index contributed by atoms with van der Waals surface area (Å²) in [6.07, 6.45) is 0. The molecule has 0 amide bonds. The summed E-state index contributed by atoms with van der Waals surface area (Å²) in [5.41, 5.74) is 1.29. The van der Waals surface area contributed by atoms with Crippen molar-refractivity contribution in [1.29, 1.82) is 0 Å². The molecule has 84 valence electrons. The van der Waals surface area contributed by atoms with Crippen molar-refractivity contribution in [2.45, 2.75) is 6.04 Å². The normalized spacial score (nSPS) is 10.1. The van der Waals surface area contributed by atoms with E-state index in [0.29, 0.717) is 9.52 Å². The minimum Gasteiger partial charge on any atom is -0.258 e. The zero-order valence-corrected chi connectivity index (χ0v) is 10.2. The molecule has 0 heterocycles. The Morgan fingerprint density at radius 3 is 2.24 bits per heavy atom. The number of rotatable bonds is 4. The second kappa shape index (κ2) is 5.40. The molecular formula is C13H11NO2Si. The van der Waals surface area contributed by atoms with Gasteiger partial charge in [0.2, 0.25) is 0 Å². The van der Waals surface area contributed by atoms with Crippen molar-refractivity contribution >= 4 is 20.4 Å². The highest BCUT2D eigenvalue weighted by molar-refractivity contribution is 6.52. The number of hydrogen-bond donors (Lipinski definition) is 0. The van der Waals surface area contributed by atoms with Crippen molar-refractivity contribution in [2.75, 3.05) is 0 Å². The summed E-state index contributed by atoms with van der Waals surface area (Å²) < 4.78 is 0. The quantitative estimate of drug-likeness (QED) is 0.467. The molecule has 4 heteroatoms. The van der Waals surface area contributed by atoms with Crippen LogP contribution in [0, 0.1) is 10.1 Å². The molecular weight excluding hydrogens is 230 g/mol. The van der Waals surface area contributed by atoms with E-state index in [-0.39, 0.29) is 10.6 Å². The number of hydrogen-bond acceptors (Lipinski definition) is 2. The van der Waals surface area contributed by atoms with Crippen LogP contribution in [0.15, 0.2) is 54.6 Å². The number of non-ortho nitro benzene ring substituents is 1. The van der Waals surface area contributed by atoms with Crippen LogP contribution in [0.4, 0.5) is 5.69 Å². The summed E-state index contributed by atoms with van der Waals surface area (Å²) in [6.45, 7) is 0. The van der Waals surface area contributed by atoms with E-state index in [1.807, 2.05) is 30.3 Å². The maximum absolute atomic E-state index is 10.5. The highest BCUT2D eigenvalue weighted by atomic mass is 28.2. The molecule has 0 spiro atoms. The lowest BCUT2D eigenvalue weighted by atomic mass is 10.2. The van der Waals surface area contributed by atoms with Gasteiger partial charge in [0.15, 0.2) is 0 Å². The maximum atomic E-state index is 10.5. The van der Waals surface area contributed by atoms with Gasteiger partial charge in [0, 0.05) is 12.1 Å². The molecule has 0 aliphatic heterocycles. The summed E-state index contributed by atoms with van der Waals surface area (Å²) in [5, 5.41) is 11.8. The fraction of sp³-hybridized carbons (Fsp3) is 0.0769. The van der Waals surface area contributed by atoms with Gasteiger partial charge in [0.1, 0.15) is 0 Å². The lowest BCUT2D eigenvalue weighted by Crippen LogP contribution is -2.15. The van der Waals surface area contributed by atoms with E-state index in [9.17, 15) is 10.1 Å². The summed E-state index contributed by atoms with van der Waals surface area (Å²) >= 11 is 0. The molecule has 0 saturated heterocycles. The number of nitro groups is 1. The smallest absolute Gasteiger partial charge is 0.258 e. The third-order valence-corrected chi connectivity index (χ3v) is 3.74. The SMILES string of the molecule is O=[N+]([O-])c1ccc(C[Si]c2ccccc2)cc1. The highest BCUT2D eigenvalue weighted by Gasteiger charge is 2.04. The molecule has 0 N–H and O–H groups in total. The van der Waals surface area contributed by atoms with Crippen LogP contribution in [0.3, 0.4) is 0 Å². The Morgan fingerprint density at radius 1 is 1.00 bits per heavy atom. The van der Waals surface area contributed by atoms with E-state index in [1.165, 1.54) is 5.19 Å². The molecule has 2 rings (SSSR count). The van der Waals surface area contributed by atoms with Crippen molar-refractivity contribution in [3.63, 3.8) is 0 Å². The Kier molecular flexibility index (Phi) is 3.67. The van der Waals surface area contributed by atoms with Crippen LogP contribution in [0.25, 0.3) is 0 Å². The van der Waals surface area contributed by atoms with Crippen LogP contribution in [0.1, 0.15) is 5.56 Å². The van der Waals surface area contributed by atoms with Crippen molar-refractivity contribution < 1.29 is 4.92 Å². The van der Waals surface area contributed by atoms with Gasteiger partial charge >= 0.3 is 0 Å². The first kappa shape index (κ1) is 11.5. The lowest BCUT2D eigenvalue weighted by molar-refractivity contribution is -0.384. The monoisotopic (exact) mass is 241 g/mol. The van der Waals surface area contributed by atoms with E-state index in [2.05, 4.69) is 12.1 Å². The molecule has 3 nitrogen and oxygen atoms in total. The standard InChI is InChI=1S/C13H11NO2Si/c15-14(16)12-8-6-11(7-9-12)10-17-13-4-2-1-3-5-13/h1-9H,10H2. The first-order valence-corrected chi connectivity index (χ1v) is 6.49. The van der Waals surface area contributed by atoms with Crippen LogP contribution in [-0.4, -0.2) is 14.4 Å². The Hall–Kier alpha value is -1.94. The van der Waals surface area contributed by atoms with Gasteiger partial charge in [-0.1, -0.05) is 53.2 Å². The minimum atomic E-state index is -0.372. The van der Waals surface area contributed by atoms with Crippen LogP contribution in [0.2, 0.25) is 0 Å². The van der Waals surface area contributed by atoms with E-state index < -0.39 is 0 Å². The third kappa shape index (κ3) is 3.25. The zero-order chi connectivity index (χ0) is 12.1. The Morgan fingerprint density at radius 2 is 1.65 bits per heavy atom. The van der Waals surface area contributed by atoms with Gasteiger partial charge in [-0.3, -0.25) is 10.1 Å². The summed E-state index contributed by atoms with van der Waals surface area (Å²) in [4.78, 5) is 10.1. The fourth-order valence-electron chi connectivity index (χ4n) is 1.50. The molecule has 0 fully saturated rings. The maximum Gasteiger partial charge on any atom is 0.269 e. The molecule has 2 radical (unpaired) electrons. The highest BCUT2D eigenvalue weighted by Crippen LogP contribution is 2.11. The van der Waals surface area contributed by atoms with Crippen molar-refractivity contribution in [1.82, 2.24) is 0 Å². The first-order valence-electron chi connectivity index (χ1n) is 5.28. The number of benzene rings is 2. The molecule has 0 aliphatic rings. The van der Waals surface area contributed by atoms with Gasteiger partial charge < -0.3 is 0 Å². The number of nitro benzene ring substituents is 1. The second-order valence-corrected chi connectivity index (χ2v) is 4.93. The number of nitrogens with zero attached hydrogens (tertiary/aromatic N) is 1. The average Bonchev–Trinajstić information content (AvgIpc) is 2.38. The second-order valence-electron chi connectivity index (χ2n) is 3.64. The first-order chi connectivity index (χ1) is 8.25. The van der Waals surface area contributed by atoms with E-state index >= 15 is 0 Å². The van der Waals surface area contributed by atoms with E-state index in [4.69, 9.17) is 0 Å². The van der Waals surface area contributed by atoms with Gasteiger partial charge in [-0.05, 0) is 6.04 Å². The zero-order valence-electron chi connectivity index (χ0n) is 9.17. The molecule has 0 bridgehead atoms. The van der Waals surface area contributed by atoms with Gasteiger partial charge in [0.05, 0.1) is 14.4 Å². The van der Waals surface area contributed by atoms with Crippen LogP contribution in [0.5, 0.6) is 0 Å². The molecule has 0 saturated carbocycles. The molecule has 0 atom stereocenters. The van der Waals surface area contributed by atoms with Gasteiger partial charge in [-0.2, -0.15) is 0 Å². The van der Waals surface area contributed by atoms with Gasteiger partial charge in [-0.25, -0.2) is 0 Å². The van der Waals surface area contributed by atoms with Crippen LogP contribution < -0.4 is 5.19 Å². The summed E-state index contributed by atoms with van der Waals surface area (Å²) in [6, 6.07) is 18.0. The lowest BCUT2D eigenvalue weighted by Gasteiger charge is -2.00. The van der Waals surface area contributed by atoms with Crippen molar-refractivity contribution in [3.05, 3.63) is 70.3 Å². The predicted molar refractivity (Wildman–Crippen MR) is 68.6 cm³/mol. The minimum absolute atomic E-state index is 0.150. The molecule has 2 aromatic rings. The van der Waals surface area contributed by atoms with Crippen molar-refractivity contribution in [2.24, 2.45) is 0 Å². The Balaban J connectivity index is 1.98. The summed E-state index contributed by atoms with van der Waals surface area (Å²) in [5.74, 6) is 0. The van der Waals surface area contributed by atoms with Crippen LogP contribution >= 0.6 is 0 Å². The molecule has 0 aliphatic carbocycles. The largest absolute Gasteiger partial charge is 0.269 e. The average molecular weight is 241 g/mol. The Bertz CT molecular complexity index is 497. The van der Waals surface area contributed by atoms with Gasteiger partial charge in [0.25, 0.3) is 5.69 Å². The fourth-order valence-corrected chi connectivity index (χ4v) is 2.57. The van der Waals surface area contributed by atoms with E-state index in [0.717, 1.165) is 11.6 Å². The van der Waals surface area contributed by atoms with E-state index in [1.54, 1.807) is 12.1 Å². The third-order valence-electron chi connectivity index (χ3n) is 2.42. The molecule has 2 aromatic carbocycles. The predicted octanol–water partition coefficient (Wildman–Crippen LogP) is 2.12. The van der Waals surface area contributed by atoms with Crippen LogP contribution in [-0.2, 0) is 6.04 Å².